The van der Waals surface area contributed by atoms with Gasteiger partial charge in [0.1, 0.15) is 5.69 Å². The molecule has 1 saturated heterocycles. The van der Waals surface area contributed by atoms with E-state index in [0.29, 0.717) is 5.69 Å². The van der Waals surface area contributed by atoms with Gasteiger partial charge in [0.15, 0.2) is 5.60 Å². The number of amides is 1. The summed E-state index contributed by atoms with van der Waals surface area (Å²) in [7, 11) is 0. The molecular formula is C14H19BrN2O4. The van der Waals surface area contributed by atoms with E-state index in [4.69, 9.17) is 5.11 Å². The number of aliphatic carboxylic acids is 1. The Hall–Kier alpha value is -1.34. The Morgan fingerprint density at radius 3 is 2.38 bits per heavy atom. The molecule has 1 aliphatic rings. The third-order valence-corrected chi connectivity index (χ3v) is 4.30. The average molecular weight is 359 g/mol. The molecule has 1 amide bonds. The Balaban J connectivity index is 2.14. The lowest BCUT2D eigenvalue weighted by Gasteiger charge is -2.35. The zero-order valence-corrected chi connectivity index (χ0v) is 13.6. The van der Waals surface area contributed by atoms with Crippen molar-refractivity contribution in [2.24, 2.45) is 0 Å². The van der Waals surface area contributed by atoms with Crippen LogP contribution >= 0.6 is 15.9 Å². The SMILES string of the molecule is CC(C)n1cc(Br)cc1C(=O)N1CCC(O)(C(=O)O)CC1. The molecule has 1 fully saturated rings. The van der Waals surface area contributed by atoms with Crippen molar-refractivity contribution in [2.75, 3.05) is 13.1 Å². The first-order chi connectivity index (χ1) is 9.74. The number of nitrogens with zero attached hydrogens (tertiary/aromatic N) is 2. The highest BCUT2D eigenvalue weighted by Gasteiger charge is 2.40. The number of hydrogen-bond acceptors (Lipinski definition) is 3. The third kappa shape index (κ3) is 3.13. The molecule has 0 unspecified atom stereocenters. The van der Waals surface area contributed by atoms with E-state index in [1.54, 1.807) is 11.0 Å². The topological polar surface area (TPSA) is 82.8 Å². The fraction of sp³-hybridized carbons (Fsp3) is 0.571. The lowest BCUT2D eigenvalue weighted by atomic mass is 9.91. The molecule has 1 aliphatic heterocycles. The van der Waals surface area contributed by atoms with Crippen LogP contribution < -0.4 is 0 Å². The summed E-state index contributed by atoms with van der Waals surface area (Å²) in [5.41, 5.74) is -1.14. The second-order valence-corrected chi connectivity index (χ2v) is 6.59. The summed E-state index contributed by atoms with van der Waals surface area (Å²) in [5, 5.41) is 18.9. The van der Waals surface area contributed by atoms with Crippen molar-refractivity contribution in [3.63, 3.8) is 0 Å². The highest BCUT2D eigenvalue weighted by atomic mass is 79.9. The van der Waals surface area contributed by atoms with E-state index in [9.17, 15) is 14.7 Å². The van der Waals surface area contributed by atoms with E-state index in [2.05, 4.69) is 15.9 Å². The van der Waals surface area contributed by atoms with Gasteiger partial charge >= 0.3 is 5.97 Å². The molecule has 2 N–H and O–H groups in total. The summed E-state index contributed by atoms with van der Waals surface area (Å²) in [5.74, 6) is -1.36. The van der Waals surface area contributed by atoms with Gasteiger partial charge in [-0.15, -0.1) is 0 Å². The van der Waals surface area contributed by atoms with Crippen molar-refractivity contribution in [3.05, 3.63) is 22.4 Å². The van der Waals surface area contributed by atoms with E-state index in [1.807, 2.05) is 24.6 Å². The summed E-state index contributed by atoms with van der Waals surface area (Å²) in [4.78, 5) is 25.2. The number of carboxylic acid groups (broad SMARTS) is 1. The Bertz CT molecular complexity index is 559. The summed E-state index contributed by atoms with van der Waals surface area (Å²) in [6.45, 7) is 4.45. The molecular weight excluding hydrogens is 340 g/mol. The molecule has 2 rings (SSSR count). The molecule has 1 aromatic rings. The molecule has 0 radical (unpaired) electrons. The zero-order chi connectivity index (χ0) is 15.8. The van der Waals surface area contributed by atoms with Crippen molar-refractivity contribution in [1.29, 1.82) is 0 Å². The molecule has 0 aliphatic carbocycles. The van der Waals surface area contributed by atoms with Crippen LogP contribution in [0, 0.1) is 0 Å². The largest absolute Gasteiger partial charge is 0.479 e. The fourth-order valence-corrected chi connectivity index (χ4v) is 2.94. The van der Waals surface area contributed by atoms with E-state index < -0.39 is 11.6 Å². The Morgan fingerprint density at radius 1 is 1.33 bits per heavy atom. The van der Waals surface area contributed by atoms with Gasteiger partial charge in [-0.25, -0.2) is 4.79 Å². The predicted octanol–water partition coefficient (Wildman–Crippen LogP) is 1.88. The number of likely N-dealkylation sites (tertiary alicyclic amines) is 1. The molecule has 0 spiro atoms. The van der Waals surface area contributed by atoms with E-state index in [0.717, 1.165) is 4.47 Å². The standard InChI is InChI=1S/C14H19BrN2O4/c1-9(2)17-8-10(15)7-11(17)12(18)16-5-3-14(21,4-6-16)13(19)20/h7-9,21H,3-6H2,1-2H3,(H,19,20). The molecule has 0 bridgehead atoms. The van der Waals surface area contributed by atoms with Gasteiger partial charge in [0.25, 0.3) is 5.91 Å². The highest BCUT2D eigenvalue weighted by Crippen LogP contribution is 2.26. The molecule has 7 heteroatoms. The van der Waals surface area contributed by atoms with Crippen LogP contribution in [0.3, 0.4) is 0 Å². The summed E-state index contributed by atoms with van der Waals surface area (Å²) in [6, 6.07) is 1.91. The Morgan fingerprint density at radius 2 is 1.90 bits per heavy atom. The van der Waals surface area contributed by atoms with Gasteiger partial charge in [-0.1, -0.05) is 0 Å². The van der Waals surface area contributed by atoms with E-state index >= 15 is 0 Å². The fourth-order valence-electron chi connectivity index (χ4n) is 2.50. The summed E-state index contributed by atoms with van der Waals surface area (Å²) in [6.07, 6.45) is 1.96. The molecule has 6 nitrogen and oxygen atoms in total. The van der Waals surface area contributed by atoms with Crippen LogP contribution in [0.5, 0.6) is 0 Å². The number of carboxylic acids is 1. The number of aromatic nitrogens is 1. The van der Waals surface area contributed by atoms with Crippen LogP contribution in [0.1, 0.15) is 43.2 Å². The smallest absolute Gasteiger partial charge is 0.335 e. The Kier molecular flexibility index (Phi) is 4.43. The van der Waals surface area contributed by atoms with Gasteiger partial charge in [-0.3, -0.25) is 4.79 Å². The molecule has 0 saturated carbocycles. The minimum absolute atomic E-state index is 0.0532. The van der Waals surface area contributed by atoms with Gasteiger partial charge in [0, 0.05) is 42.6 Å². The number of hydrogen-bond donors (Lipinski definition) is 2. The van der Waals surface area contributed by atoms with Gasteiger partial charge in [0.05, 0.1) is 0 Å². The molecule has 21 heavy (non-hydrogen) atoms. The number of halogens is 1. The van der Waals surface area contributed by atoms with E-state index in [-0.39, 0.29) is 37.9 Å². The van der Waals surface area contributed by atoms with Crippen molar-refractivity contribution in [3.8, 4) is 0 Å². The van der Waals surface area contributed by atoms with Crippen LogP contribution in [0.2, 0.25) is 0 Å². The molecule has 2 heterocycles. The monoisotopic (exact) mass is 358 g/mol. The second-order valence-electron chi connectivity index (χ2n) is 5.67. The summed E-state index contributed by atoms with van der Waals surface area (Å²) >= 11 is 3.37. The molecule has 116 valence electrons. The van der Waals surface area contributed by atoms with Crippen molar-refractivity contribution in [1.82, 2.24) is 9.47 Å². The van der Waals surface area contributed by atoms with Gasteiger partial charge in [0.2, 0.25) is 0 Å². The van der Waals surface area contributed by atoms with Crippen LogP contribution in [-0.4, -0.2) is 50.2 Å². The first-order valence-electron chi connectivity index (χ1n) is 6.87. The maximum absolute atomic E-state index is 12.6. The highest BCUT2D eigenvalue weighted by molar-refractivity contribution is 9.10. The molecule has 0 aromatic carbocycles. The van der Waals surface area contributed by atoms with Gasteiger partial charge < -0.3 is 19.7 Å². The van der Waals surface area contributed by atoms with Crippen LogP contribution in [0.4, 0.5) is 0 Å². The lowest BCUT2D eigenvalue weighted by molar-refractivity contribution is -0.162. The average Bonchev–Trinajstić information content (AvgIpc) is 2.81. The Labute approximate surface area is 131 Å². The minimum Gasteiger partial charge on any atom is -0.479 e. The van der Waals surface area contributed by atoms with Gasteiger partial charge in [-0.05, 0) is 35.8 Å². The van der Waals surface area contributed by atoms with Crippen molar-refractivity contribution in [2.45, 2.75) is 38.3 Å². The first kappa shape index (κ1) is 16.0. The minimum atomic E-state index is -1.71. The summed E-state index contributed by atoms with van der Waals surface area (Å²) < 4.78 is 2.71. The van der Waals surface area contributed by atoms with Crippen LogP contribution in [0.15, 0.2) is 16.7 Å². The number of piperidine rings is 1. The quantitative estimate of drug-likeness (QED) is 0.863. The first-order valence-corrected chi connectivity index (χ1v) is 7.66. The number of carbonyl (C=O) groups excluding carboxylic acids is 1. The predicted molar refractivity (Wildman–Crippen MR) is 80.2 cm³/mol. The van der Waals surface area contributed by atoms with Crippen molar-refractivity contribution < 1.29 is 19.8 Å². The molecule has 1 aromatic heterocycles. The second kappa shape index (κ2) is 5.81. The number of carbonyl (C=O) groups is 2. The normalized spacial score (nSPS) is 18.0. The number of aliphatic hydroxyl groups is 1. The maximum Gasteiger partial charge on any atom is 0.335 e. The number of rotatable bonds is 3. The van der Waals surface area contributed by atoms with E-state index in [1.165, 1.54) is 0 Å². The third-order valence-electron chi connectivity index (χ3n) is 3.87. The van der Waals surface area contributed by atoms with Crippen LogP contribution in [-0.2, 0) is 4.79 Å². The molecule has 0 atom stereocenters. The lowest BCUT2D eigenvalue weighted by Crippen LogP contribution is -2.51. The van der Waals surface area contributed by atoms with Crippen LogP contribution in [0.25, 0.3) is 0 Å². The maximum atomic E-state index is 12.6. The van der Waals surface area contributed by atoms with Crippen molar-refractivity contribution >= 4 is 27.8 Å². The zero-order valence-electron chi connectivity index (χ0n) is 12.0. The van der Waals surface area contributed by atoms with Gasteiger partial charge in [-0.2, -0.15) is 0 Å².